The zero-order valence-electron chi connectivity index (χ0n) is 19.7. The third kappa shape index (κ3) is 7.75. The summed E-state index contributed by atoms with van der Waals surface area (Å²) in [6.07, 6.45) is -7.29. The van der Waals surface area contributed by atoms with Crippen LogP contribution in [0.15, 0.2) is 65.8 Å². The van der Waals surface area contributed by atoms with Crippen molar-refractivity contribution in [1.82, 2.24) is 0 Å². The number of hydrogen-bond donors (Lipinski definition) is 0. The molecule has 0 spiro atoms. The smallest absolute Gasteiger partial charge is 0.338 e. The van der Waals surface area contributed by atoms with E-state index in [1.807, 2.05) is 0 Å². The van der Waals surface area contributed by atoms with Gasteiger partial charge < -0.3 is 18.9 Å². The molecule has 0 aromatic heterocycles. The maximum Gasteiger partial charge on any atom is 0.338 e. The molecule has 1 aliphatic heterocycles. The average molecular weight is 534 g/mol. The number of ether oxygens (including phenoxy) is 4. The Morgan fingerprint density at radius 3 is 1.86 bits per heavy atom. The van der Waals surface area contributed by atoms with Crippen molar-refractivity contribution < 1.29 is 45.9 Å². The van der Waals surface area contributed by atoms with Crippen molar-refractivity contribution in [2.45, 2.75) is 37.6 Å². The van der Waals surface area contributed by atoms with Gasteiger partial charge in [0.05, 0.1) is 30.0 Å². The predicted molar refractivity (Wildman–Crippen MR) is 125 cm³/mol. The zero-order chi connectivity index (χ0) is 27.0. The Balaban J connectivity index is 2.08. The van der Waals surface area contributed by atoms with Crippen LogP contribution in [0.3, 0.4) is 0 Å². The van der Waals surface area contributed by atoms with Crippen LogP contribution in [0.5, 0.6) is 0 Å². The Morgan fingerprint density at radius 1 is 0.892 bits per heavy atom. The van der Waals surface area contributed by atoms with Crippen LogP contribution in [-0.4, -0.2) is 69.8 Å². The van der Waals surface area contributed by atoms with E-state index in [9.17, 15) is 22.8 Å². The monoisotopic (exact) mass is 533 g/mol. The molecule has 1 fully saturated rings. The number of azide groups is 1. The minimum atomic E-state index is -4.21. The number of esters is 3. The number of carbonyl (C=O) groups excluding carboxylic acids is 3. The van der Waals surface area contributed by atoms with Crippen molar-refractivity contribution in [2.24, 2.45) is 5.11 Å². The van der Waals surface area contributed by atoms with E-state index in [-0.39, 0.29) is 11.1 Å². The SMILES string of the molecule is CC(=O)O[C@H]1O[C@H](CN=[N+]=[N-])[C@@H](OS(C)(=O)=O)[C@H](OC(=O)c2ccccc2)[C@H]1OC(=O)c1ccccc1. The summed E-state index contributed by atoms with van der Waals surface area (Å²) in [7, 11) is -4.21. The van der Waals surface area contributed by atoms with E-state index in [2.05, 4.69) is 10.0 Å². The maximum absolute atomic E-state index is 13.0. The Bertz CT molecular complexity index is 1270. The fourth-order valence-electron chi connectivity index (χ4n) is 3.51. The first-order valence-corrected chi connectivity index (χ1v) is 12.6. The summed E-state index contributed by atoms with van der Waals surface area (Å²) in [5.74, 6) is -2.66. The average Bonchev–Trinajstić information content (AvgIpc) is 2.86. The number of hydrogen-bond acceptors (Lipinski definition) is 11. The Morgan fingerprint density at radius 2 is 1.41 bits per heavy atom. The molecule has 0 amide bonds. The van der Waals surface area contributed by atoms with Gasteiger partial charge in [-0.1, -0.05) is 41.5 Å². The third-order valence-electron chi connectivity index (χ3n) is 4.99. The molecule has 5 atom stereocenters. The molecule has 2 aromatic carbocycles. The first-order chi connectivity index (χ1) is 17.6. The molecule has 0 radical (unpaired) electrons. The van der Waals surface area contributed by atoms with Crippen LogP contribution in [0, 0.1) is 0 Å². The van der Waals surface area contributed by atoms with Gasteiger partial charge in [-0.3, -0.25) is 8.98 Å². The van der Waals surface area contributed by atoms with Crippen molar-refractivity contribution in [1.29, 1.82) is 0 Å². The van der Waals surface area contributed by atoms with Gasteiger partial charge in [-0.2, -0.15) is 8.42 Å². The molecule has 37 heavy (non-hydrogen) atoms. The highest BCUT2D eigenvalue weighted by Crippen LogP contribution is 2.31. The summed E-state index contributed by atoms with van der Waals surface area (Å²) in [6.45, 7) is 0.569. The minimum absolute atomic E-state index is 0.0934. The molecule has 14 heteroatoms. The van der Waals surface area contributed by atoms with Crippen LogP contribution in [0.1, 0.15) is 27.6 Å². The van der Waals surface area contributed by atoms with E-state index >= 15 is 0 Å². The second-order valence-corrected chi connectivity index (χ2v) is 9.40. The third-order valence-corrected chi connectivity index (χ3v) is 5.56. The molecule has 1 aliphatic rings. The Hall–Kier alpha value is -3.97. The fourth-order valence-corrected chi connectivity index (χ4v) is 4.15. The second-order valence-electron chi connectivity index (χ2n) is 7.80. The highest BCUT2D eigenvalue weighted by atomic mass is 32.2. The van der Waals surface area contributed by atoms with E-state index in [4.69, 9.17) is 28.7 Å². The number of carbonyl (C=O) groups is 3. The molecular weight excluding hydrogens is 510 g/mol. The summed E-state index contributed by atoms with van der Waals surface area (Å²) < 4.78 is 51.4. The predicted octanol–water partition coefficient (Wildman–Crippen LogP) is 2.38. The lowest BCUT2D eigenvalue weighted by Crippen LogP contribution is -2.63. The maximum atomic E-state index is 13.0. The Labute approximate surface area is 212 Å². The highest BCUT2D eigenvalue weighted by molar-refractivity contribution is 7.86. The zero-order valence-corrected chi connectivity index (χ0v) is 20.5. The molecule has 1 saturated heterocycles. The molecule has 0 unspecified atom stereocenters. The summed E-state index contributed by atoms with van der Waals surface area (Å²) in [5, 5.41) is 3.39. The summed E-state index contributed by atoms with van der Waals surface area (Å²) in [6, 6.07) is 15.4. The van der Waals surface area contributed by atoms with Crippen LogP contribution < -0.4 is 0 Å². The largest absolute Gasteiger partial charge is 0.452 e. The lowest BCUT2D eigenvalue weighted by Gasteiger charge is -2.43. The van der Waals surface area contributed by atoms with Crippen molar-refractivity contribution in [3.63, 3.8) is 0 Å². The molecule has 0 aliphatic carbocycles. The van der Waals surface area contributed by atoms with Crippen molar-refractivity contribution in [3.05, 3.63) is 82.2 Å². The highest BCUT2D eigenvalue weighted by Gasteiger charge is 2.53. The van der Waals surface area contributed by atoms with Gasteiger partial charge in [0.1, 0.15) is 6.10 Å². The van der Waals surface area contributed by atoms with Gasteiger partial charge in [0, 0.05) is 11.8 Å². The summed E-state index contributed by atoms with van der Waals surface area (Å²) >= 11 is 0. The number of rotatable bonds is 9. The standard InChI is InChI=1S/C23H23N3O10S/c1-14(27)32-23-20(35-22(29)16-11-7-4-8-12-16)19(34-21(28)15-9-5-3-6-10-15)18(36-37(2,30)31)17(33-23)13-25-26-24/h3-12,17-20,23H,13H2,1-2H3/t17-,18-,19+,20-,23+/m1/s1. The van der Waals surface area contributed by atoms with E-state index < -0.39 is 65.3 Å². The second kappa shape index (κ2) is 12.3. The molecule has 0 N–H and O–H groups in total. The number of benzene rings is 2. The van der Waals surface area contributed by atoms with Crippen LogP contribution in [-0.2, 0) is 38.0 Å². The molecule has 13 nitrogen and oxygen atoms in total. The van der Waals surface area contributed by atoms with Crippen LogP contribution in [0.4, 0.5) is 0 Å². The topological polar surface area (TPSA) is 180 Å². The number of nitrogens with zero attached hydrogens (tertiary/aromatic N) is 3. The molecular formula is C23H23N3O10S. The molecule has 3 rings (SSSR count). The van der Waals surface area contributed by atoms with Gasteiger partial charge >= 0.3 is 17.9 Å². The summed E-state index contributed by atoms with van der Waals surface area (Å²) in [4.78, 5) is 40.3. The van der Waals surface area contributed by atoms with Crippen molar-refractivity contribution in [2.75, 3.05) is 12.8 Å². The van der Waals surface area contributed by atoms with Crippen molar-refractivity contribution >= 4 is 28.0 Å². The lowest BCUT2D eigenvalue weighted by atomic mass is 9.98. The molecule has 196 valence electrons. The molecule has 0 bridgehead atoms. The van der Waals surface area contributed by atoms with Crippen molar-refractivity contribution in [3.8, 4) is 0 Å². The van der Waals surface area contributed by atoms with Gasteiger partial charge in [-0.15, -0.1) is 0 Å². The first kappa shape index (κ1) is 27.6. The van der Waals surface area contributed by atoms with Gasteiger partial charge in [0.2, 0.25) is 12.4 Å². The van der Waals surface area contributed by atoms with Gasteiger partial charge in [0.25, 0.3) is 10.1 Å². The van der Waals surface area contributed by atoms with Gasteiger partial charge in [-0.05, 0) is 29.8 Å². The van der Waals surface area contributed by atoms with Gasteiger partial charge in [-0.25, -0.2) is 9.59 Å². The molecule has 1 heterocycles. The van der Waals surface area contributed by atoms with Gasteiger partial charge in [0.15, 0.2) is 6.10 Å². The summed E-state index contributed by atoms with van der Waals surface area (Å²) in [5.41, 5.74) is 8.99. The van der Waals surface area contributed by atoms with Crippen LogP contribution >= 0.6 is 0 Å². The normalized spacial score (nSPS) is 23.2. The van der Waals surface area contributed by atoms with E-state index in [1.165, 1.54) is 24.3 Å². The first-order valence-electron chi connectivity index (χ1n) is 10.8. The lowest BCUT2D eigenvalue weighted by molar-refractivity contribution is -0.279. The van der Waals surface area contributed by atoms with Crippen LogP contribution in [0.25, 0.3) is 10.4 Å². The van der Waals surface area contributed by atoms with Crippen LogP contribution in [0.2, 0.25) is 0 Å². The fraction of sp³-hybridized carbons (Fsp3) is 0.348. The molecule has 0 saturated carbocycles. The van der Waals surface area contributed by atoms with E-state index in [0.29, 0.717) is 0 Å². The quantitative estimate of drug-likeness (QED) is 0.116. The molecule has 2 aromatic rings. The van der Waals surface area contributed by atoms with E-state index in [0.717, 1.165) is 13.2 Å². The minimum Gasteiger partial charge on any atom is -0.452 e. The Kier molecular flexibility index (Phi) is 9.20. The van der Waals surface area contributed by atoms with E-state index in [1.54, 1.807) is 36.4 Å².